The second kappa shape index (κ2) is 4.07. The van der Waals surface area contributed by atoms with E-state index in [0.717, 1.165) is 6.20 Å². The third-order valence-corrected chi connectivity index (χ3v) is 3.08. The van der Waals surface area contributed by atoms with E-state index < -0.39 is 16.1 Å². The van der Waals surface area contributed by atoms with E-state index in [9.17, 15) is 8.42 Å². The maximum atomic E-state index is 11.5. The van der Waals surface area contributed by atoms with Gasteiger partial charge >= 0.3 is 0 Å². The Morgan fingerprint density at radius 3 is 2.79 bits per heavy atom. The molecule has 0 amide bonds. The van der Waals surface area contributed by atoms with Gasteiger partial charge in [0.2, 0.25) is 10.0 Å². The first-order valence-electron chi connectivity index (χ1n) is 4.02. The molecule has 80 valence electrons. The largest absolute Gasteiger partial charge is 0.392 e. The molecule has 14 heavy (non-hydrogen) atoms. The number of sulfonamides is 1. The van der Waals surface area contributed by atoms with Crippen molar-refractivity contribution in [3.8, 4) is 0 Å². The molecule has 0 radical (unpaired) electrons. The first-order valence-corrected chi connectivity index (χ1v) is 5.51. The normalized spacial score (nSPS) is 14.2. The molecule has 6 nitrogen and oxygen atoms in total. The van der Waals surface area contributed by atoms with Crippen molar-refractivity contribution in [3.05, 3.63) is 12.0 Å². The molecule has 7 heteroatoms. The zero-order chi connectivity index (χ0) is 10.8. The van der Waals surface area contributed by atoms with E-state index in [4.69, 9.17) is 5.11 Å². The molecule has 0 aliphatic heterocycles. The van der Waals surface area contributed by atoms with Gasteiger partial charge in [-0.25, -0.2) is 13.1 Å². The summed E-state index contributed by atoms with van der Waals surface area (Å²) in [6.07, 6.45) is 0.393. The Hall–Kier alpha value is -0.920. The van der Waals surface area contributed by atoms with Crippen LogP contribution in [-0.2, 0) is 10.0 Å². The molecule has 0 saturated carbocycles. The van der Waals surface area contributed by atoms with Gasteiger partial charge in [-0.3, -0.25) is 0 Å². The summed E-state index contributed by atoms with van der Waals surface area (Å²) < 4.78 is 29.8. The molecule has 0 aliphatic carbocycles. The maximum Gasteiger partial charge on any atom is 0.245 e. The Morgan fingerprint density at radius 1 is 1.71 bits per heavy atom. The molecular weight excluding hydrogens is 208 g/mol. The van der Waals surface area contributed by atoms with Crippen LogP contribution < -0.4 is 4.72 Å². The van der Waals surface area contributed by atoms with Crippen molar-refractivity contribution in [1.82, 2.24) is 9.88 Å². The zero-order valence-electron chi connectivity index (χ0n) is 7.89. The quantitative estimate of drug-likeness (QED) is 0.723. The highest BCUT2D eigenvalue weighted by molar-refractivity contribution is 7.89. The summed E-state index contributed by atoms with van der Waals surface area (Å²) in [6.45, 7) is 2.96. The van der Waals surface area contributed by atoms with E-state index in [1.165, 1.54) is 13.8 Å². The van der Waals surface area contributed by atoms with Crippen LogP contribution in [0.5, 0.6) is 0 Å². The SMILES string of the molecule is Cc1oncc1S(=O)(=O)NCC(C)O. The minimum atomic E-state index is -3.61. The van der Waals surface area contributed by atoms with E-state index >= 15 is 0 Å². The highest BCUT2D eigenvalue weighted by Gasteiger charge is 2.20. The Kier molecular flexibility index (Phi) is 3.25. The third kappa shape index (κ3) is 2.53. The molecule has 1 heterocycles. The van der Waals surface area contributed by atoms with Gasteiger partial charge in [-0.1, -0.05) is 5.16 Å². The summed E-state index contributed by atoms with van der Waals surface area (Å²) in [7, 11) is -3.61. The van der Waals surface area contributed by atoms with Gasteiger partial charge < -0.3 is 9.63 Å². The van der Waals surface area contributed by atoms with Crippen molar-refractivity contribution in [3.63, 3.8) is 0 Å². The topological polar surface area (TPSA) is 92.4 Å². The van der Waals surface area contributed by atoms with Crippen molar-refractivity contribution in [2.75, 3.05) is 6.54 Å². The Bertz CT molecular complexity index is 396. The fraction of sp³-hybridized carbons (Fsp3) is 0.571. The molecule has 0 aliphatic rings. The zero-order valence-corrected chi connectivity index (χ0v) is 8.71. The molecule has 1 aromatic rings. The van der Waals surface area contributed by atoms with Gasteiger partial charge in [0.05, 0.1) is 12.3 Å². The first-order chi connectivity index (χ1) is 6.43. The van der Waals surface area contributed by atoms with Gasteiger partial charge in [-0.05, 0) is 13.8 Å². The number of rotatable bonds is 4. The lowest BCUT2D eigenvalue weighted by atomic mass is 10.4. The van der Waals surface area contributed by atoms with E-state index in [0.29, 0.717) is 0 Å². The molecule has 1 aromatic heterocycles. The molecular formula is C7H12N2O4S. The number of aliphatic hydroxyl groups is 1. The van der Waals surface area contributed by atoms with Crippen LogP contribution in [0.3, 0.4) is 0 Å². The van der Waals surface area contributed by atoms with Crippen LogP contribution in [0.15, 0.2) is 15.6 Å². The first kappa shape index (κ1) is 11.2. The van der Waals surface area contributed by atoms with E-state index in [2.05, 4.69) is 14.4 Å². The lowest BCUT2D eigenvalue weighted by Gasteiger charge is -2.06. The molecule has 0 bridgehead atoms. The Labute approximate surface area is 82.0 Å². The molecule has 0 aromatic carbocycles. The standard InChI is InChI=1S/C7H12N2O4S/c1-5(10)3-9-14(11,12)7-4-8-13-6(7)2/h4-5,9-10H,3H2,1-2H3. The highest BCUT2D eigenvalue weighted by atomic mass is 32.2. The third-order valence-electron chi connectivity index (χ3n) is 1.56. The summed E-state index contributed by atoms with van der Waals surface area (Å²) in [5, 5.41) is 12.3. The van der Waals surface area contributed by atoms with Crippen LogP contribution in [0, 0.1) is 6.92 Å². The Balaban J connectivity index is 2.82. The van der Waals surface area contributed by atoms with Crippen LogP contribution in [-0.4, -0.2) is 31.3 Å². The fourth-order valence-electron chi connectivity index (χ4n) is 0.856. The van der Waals surface area contributed by atoms with Crippen molar-refractivity contribution in [1.29, 1.82) is 0 Å². The maximum absolute atomic E-state index is 11.5. The number of nitrogens with one attached hydrogen (secondary N) is 1. The van der Waals surface area contributed by atoms with Crippen LogP contribution in [0.25, 0.3) is 0 Å². The lowest BCUT2D eigenvalue weighted by Crippen LogP contribution is -2.30. The summed E-state index contributed by atoms with van der Waals surface area (Å²) in [6, 6.07) is 0. The molecule has 2 N–H and O–H groups in total. The van der Waals surface area contributed by atoms with Gasteiger partial charge in [0.1, 0.15) is 4.90 Å². The van der Waals surface area contributed by atoms with Crippen LogP contribution in [0.2, 0.25) is 0 Å². The van der Waals surface area contributed by atoms with Crippen LogP contribution >= 0.6 is 0 Å². The average Bonchev–Trinajstić information content (AvgIpc) is 2.48. The van der Waals surface area contributed by atoms with Crippen molar-refractivity contribution < 1.29 is 18.0 Å². The van der Waals surface area contributed by atoms with Gasteiger partial charge in [0.25, 0.3) is 0 Å². The molecule has 0 fully saturated rings. The summed E-state index contributed by atoms with van der Waals surface area (Å²) in [5.74, 6) is 0.225. The average molecular weight is 220 g/mol. The molecule has 1 rings (SSSR count). The minimum absolute atomic E-state index is 0.00171. The summed E-state index contributed by atoms with van der Waals surface area (Å²) >= 11 is 0. The lowest BCUT2D eigenvalue weighted by molar-refractivity contribution is 0.198. The second-order valence-corrected chi connectivity index (χ2v) is 4.68. The summed E-state index contributed by atoms with van der Waals surface area (Å²) in [4.78, 5) is -0.00171. The minimum Gasteiger partial charge on any atom is -0.392 e. The number of aliphatic hydroxyl groups excluding tert-OH is 1. The number of aryl methyl sites for hydroxylation is 1. The van der Waals surface area contributed by atoms with E-state index in [1.54, 1.807) is 0 Å². The predicted octanol–water partition coefficient (Wildman–Crippen LogP) is -0.358. The van der Waals surface area contributed by atoms with Gasteiger partial charge in [0.15, 0.2) is 5.76 Å². The van der Waals surface area contributed by atoms with Crippen LogP contribution in [0.1, 0.15) is 12.7 Å². The molecule has 1 unspecified atom stereocenters. The molecule has 0 saturated heterocycles. The summed E-state index contributed by atoms with van der Waals surface area (Å²) in [5.41, 5.74) is 0. The Morgan fingerprint density at radius 2 is 2.36 bits per heavy atom. The molecule has 0 spiro atoms. The number of hydrogen-bond donors (Lipinski definition) is 2. The predicted molar refractivity (Wildman–Crippen MR) is 48.1 cm³/mol. The van der Waals surface area contributed by atoms with E-state index in [-0.39, 0.29) is 17.2 Å². The smallest absolute Gasteiger partial charge is 0.245 e. The molecule has 1 atom stereocenters. The van der Waals surface area contributed by atoms with Crippen molar-refractivity contribution in [2.24, 2.45) is 0 Å². The number of hydrogen-bond acceptors (Lipinski definition) is 5. The monoisotopic (exact) mass is 220 g/mol. The van der Waals surface area contributed by atoms with E-state index in [1.807, 2.05) is 0 Å². The van der Waals surface area contributed by atoms with Gasteiger partial charge in [-0.15, -0.1) is 0 Å². The van der Waals surface area contributed by atoms with Gasteiger partial charge in [0, 0.05) is 6.54 Å². The fourth-order valence-corrected chi connectivity index (χ4v) is 2.07. The second-order valence-electron chi connectivity index (χ2n) is 2.95. The van der Waals surface area contributed by atoms with Crippen molar-refractivity contribution >= 4 is 10.0 Å². The highest BCUT2D eigenvalue weighted by Crippen LogP contribution is 2.12. The van der Waals surface area contributed by atoms with Gasteiger partial charge in [-0.2, -0.15) is 0 Å². The van der Waals surface area contributed by atoms with Crippen LogP contribution in [0.4, 0.5) is 0 Å². The van der Waals surface area contributed by atoms with Crippen molar-refractivity contribution in [2.45, 2.75) is 24.8 Å². The number of nitrogens with zero attached hydrogens (tertiary/aromatic N) is 1. The number of aromatic nitrogens is 1.